The molecule has 3 heterocycles. The number of fused-ring (bicyclic) bond motifs is 1. The van der Waals surface area contributed by atoms with Crippen LogP contribution in [0.2, 0.25) is 0 Å². The van der Waals surface area contributed by atoms with Crippen molar-refractivity contribution < 1.29 is 4.42 Å². The van der Waals surface area contributed by atoms with Gasteiger partial charge in [0.2, 0.25) is 5.95 Å². The van der Waals surface area contributed by atoms with E-state index in [1.54, 1.807) is 18.8 Å². The highest BCUT2D eigenvalue weighted by molar-refractivity contribution is 5.89. The zero-order valence-electron chi connectivity index (χ0n) is 13.3. The Bertz CT molecular complexity index is 1050. The highest BCUT2D eigenvalue weighted by atomic mass is 16.3. The van der Waals surface area contributed by atoms with Gasteiger partial charge in [-0.2, -0.15) is 0 Å². The van der Waals surface area contributed by atoms with E-state index in [-0.39, 0.29) is 5.95 Å². The molecule has 2 N–H and O–H groups in total. The van der Waals surface area contributed by atoms with Gasteiger partial charge in [0.15, 0.2) is 5.76 Å². The van der Waals surface area contributed by atoms with Gasteiger partial charge in [0, 0.05) is 22.8 Å². The van der Waals surface area contributed by atoms with Gasteiger partial charge in [-0.05, 0) is 43.2 Å². The first-order valence-corrected chi connectivity index (χ1v) is 7.52. The summed E-state index contributed by atoms with van der Waals surface area (Å²) >= 11 is 0. The predicted octanol–water partition coefficient (Wildman–Crippen LogP) is 3.55. The Morgan fingerprint density at radius 3 is 2.71 bits per heavy atom. The molecule has 0 aliphatic rings. The number of anilines is 1. The second kappa shape index (κ2) is 5.42. The van der Waals surface area contributed by atoms with Gasteiger partial charge in [-0.25, -0.2) is 19.9 Å². The van der Waals surface area contributed by atoms with Crippen molar-refractivity contribution in [1.82, 2.24) is 19.9 Å². The molecule has 6 nitrogen and oxygen atoms in total. The average Bonchev–Trinajstić information content (AvgIpc) is 3.01. The van der Waals surface area contributed by atoms with Crippen LogP contribution in [0.15, 0.2) is 47.5 Å². The molecule has 0 radical (unpaired) electrons. The molecule has 0 aliphatic carbocycles. The van der Waals surface area contributed by atoms with E-state index in [0.29, 0.717) is 11.5 Å². The van der Waals surface area contributed by atoms with Crippen LogP contribution in [0.25, 0.3) is 33.5 Å². The second-order valence-electron chi connectivity index (χ2n) is 5.61. The molecule has 0 spiro atoms. The van der Waals surface area contributed by atoms with E-state index >= 15 is 0 Å². The molecule has 0 bridgehead atoms. The third-order valence-corrected chi connectivity index (χ3v) is 4.03. The first-order valence-electron chi connectivity index (χ1n) is 7.52. The van der Waals surface area contributed by atoms with E-state index < -0.39 is 0 Å². The van der Waals surface area contributed by atoms with Gasteiger partial charge in [-0.1, -0.05) is 6.07 Å². The number of benzene rings is 1. The smallest absolute Gasteiger partial charge is 0.220 e. The van der Waals surface area contributed by atoms with Crippen LogP contribution in [-0.4, -0.2) is 19.9 Å². The topological polar surface area (TPSA) is 90.7 Å². The van der Waals surface area contributed by atoms with Crippen LogP contribution in [0.3, 0.4) is 0 Å². The molecular formula is C18H15N5O. The number of furan rings is 1. The lowest BCUT2D eigenvalue weighted by Crippen LogP contribution is -1.99. The van der Waals surface area contributed by atoms with Crippen LogP contribution in [0.5, 0.6) is 0 Å². The van der Waals surface area contributed by atoms with Crippen LogP contribution >= 0.6 is 0 Å². The molecule has 0 saturated heterocycles. The Morgan fingerprint density at radius 1 is 1.04 bits per heavy atom. The van der Waals surface area contributed by atoms with Crippen molar-refractivity contribution >= 4 is 16.9 Å². The third kappa shape index (κ3) is 2.28. The number of nitrogen functional groups attached to an aromatic ring is 1. The van der Waals surface area contributed by atoms with Gasteiger partial charge in [-0.3, -0.25) is 0 Å². The number of nitrogens with zero attached hydrogens (tertiary/aromatic N) is 4. The van der Waals surface area contributed by atoms with E-state index in [1.807, 2.05) is 38.1 Å². The summed E-state index contributed by atoms with van der Waals surface area (Å²) in [6, 6.07) is 7.90. The van der Waals surface area contributed by atoms with Gasteiger partial charge in [0.05, 0.1) is 11.8 Å². The number of rotatable bonds is 2. The molecule has 0 saturated carbocycles. The lowest BCUT2D eigenvalue weighted by atomic mass is 10.0. The summed E-state index contributed by atoms with van der Waals surface area (Å²) < 4.78 is 5.61. The van der Waals surface area contributed by atoms with Gasteiger partial charge in [0.1, 0.15) is 12.0 Å². The Kier molecular flexibility index (Phi) is 3.23. The van der Waals surface area contributed by atoms with E-state index in [0.717, 1.165) is 33.3 Å². The van der Waals surface area contributed by atoms with Crippen LogP contribution in [-0.2, 0) is 0 Å². The molecule has 3 aromatic heterocycles. The van der Waals surface area contributed by atoms with Crippen molar-refractivity contribution in [3.63, 3.8) is 0 Å². The summed E-state index contributed by atoms with van der Waals surface area (Å²) in [5.74, 6) is 0.907. The van der Waals surface area contributed by atoms with Crippen LogP contribution in [0.4, 0.5) is 5.95 Å². The zero-order valence-corrected chi connectivity index (χ0v) is 13.3. The number of aromatic nitrogens is 4. The molecule has 0 fully saturated rings. The van der Waals surface area contributed by atoms with Crippen LogP contribution < -0.4 is 5.73 Å². The molecule has 0 amide bonds. The maximum Gasteiger partial charge on any atom is 0.220 e. The quantitative estimate of drug-likeness (QED) is 0.608. The van der Waals surface area contributed by atoms with Crippen molar-refractivity contribution in [2.24, 2.45) is 0 Å². The average molecular weight is 317 g/mol. The predicted molar refractivity (Wildman–Crippen MR) is 92.2 cm³/mol. The minimum atomic E-state index is 0.213. The van der Waals surface area contributed by atoms with Gasteiger partial charge < -0.3 is 10.2 Å². The Hall–Kier alpha value is -3.28. The molecule has 0 unspecified atom stereocenters. The van der Waals surface area contributed by atoms with Gasteiger partial charge in [-0.15, -0.1) is 0 Å². The largest absolute Gasteiger partial charge is 0.462 e. The van der Waals surface area contributed by atoms with Crippen LogP contribution in [0.1, 0.15) is 11.3 Å². The minimum absolute atomic E-state index is 0.213. The Morgan fingerprint density at radius 2 is 1.92 bits per heavy atom. The number of aryl methyl sites for hydroxylation is 2. The maximum absolute atomic E-state index is 5.79. The number of hydrogen-bond donors (Lipinski definition) is 1. The first-order chi connectivity index (χ1) is 11.6. The summed E-state index contributed by atoms with van der Waals surface area (Å²) in [6.45, 7) is 3.93. The van der Waals surface area contributed by atoms with E-state index in [1.165, 1.54) is 0 Å². The lowest BCUT2D eigenvalue weighted by molar-refractivity contribution is 0.578. The van der Waals surface area contributed by atoms with E-state index in [9.17, 15) is 0 Å². The highest BCUT2D eigenvalue weighted by Gasteiger charge is 2.16. The minimum Gasteiger partial charge on any atom is -0.462 e. The standard InChI is InChI=1S/C18H15N5O/c1-10-5-6-24-17(10)16-14(8-20-18(19)23-16)12-3-4-15-13(7-12)11(2)21-9-22-15/h3-9H,1-2H3,(H2,19,20,23). The fourth-order valence-electron chi connectivity index (χ4n) is 2.75. The summed E-state index contributed by atoms with van der Waals surface area (Å²) in [6.07, 6.45) is 4.94. The van der Waals surface area contributed by atoms with E-state index in [2.05, 4.69) is 19.9 Å². The SMILES string of the molecule is Cc1ccoc1-c1nc(N)ncc1-c1ccc2ncnc(C)c2c1. The van der Waals surface area contributed by atoms with Crippen molar-refractivity contribution in [2.75, 3.05) is 5.73 Å². The molecule has 4 rings (SSSR count). The van der Waals surface area contributed by atoms with Crippen molar-refractivity contribution in [2.45, 2.75) is 13.8 Å². The molecule has 1 aromatic carbocycles. The third-order valence-electron chi connectivity index (χ3n) is 4.03. The fraction of sp³-hybridized carbons (Fsp3) is 0.111. The van der Waals surface area contributed by atoms with Crippen LogP contribution in [0, 0.1) is 13.8 Å². The molecule has 0 atom stereocenters. The van der Waals surface area contributed by atoms with Gasteiger partial charge in [0.25, 0.3) is 0 Å². The molecule has 4 aromatic rings. The monoisotopic (exact) mass is 317 g/mol. The number of nitrogens with two attached hydrogens (primary N) is 1. The first kappa shape index (κ1) is 14.3. The van der Waals surface area contributed by atoms with Gasteiger partial charge >= 0.3 is 0 Å². The van der Waals surface area contributed by atoms with Crippen molar-refractivity contribution in [3.8, 4) is 22.6 Å². The Balaban J connectivity index is 1.97. The normalized spacial score (nSPS) is 11.1. The number of hydrogen-bond acceptors (Lipinski definition) is 6. The molecule has 0 aliphatic heterocycles. The molecule has 24 heavy (non-hydrogen) atoms. The van der Waals surface area contributed by atoms with Crippen molar-refractivity contribution in [1.29, 1.82) is 0 Å². The maximum atomic E-state index is 5.79. The van der Waals surface area contributed by atoms with Crippen molar-refractivity contribution in [3.05, 3.63) is 54.3 Å². The second-order valence-corrected chi connectivity index (χ2v) is 5.61. The summed E-state index contributed by atoms with van der Waals surface area (Å²) in [7, 11) is 0. The Labute approximate surface area is 138 Å². The molecule has 6 heteroatoms. The summed E-state index contributed by atoms with van der Waals surface area (Å²) in [5, 5.41) is 0.994. The lowest BCUT2D eigenvalue weighted by Gasteiger charge is -2.09. The summed E-state index contributed by atoms with van der Waals surface area (Å²) in [4.78, 5) is 17.1. The molecular weight excluding hydrogens is 302 g/mol. The van der Waals surface area contributed by atoms with E-state index in [4.69, 9.17) is 10.2 Å². The summed E-state index contributed by atoms with van der Waals surface area (Å²) in [5.41, 5.74) is 11.1. The zero-order chi connectivity index (χ0) is 16.7. The fourth-order valence-corrected chi connectivity index (χ4v) is 2.75. The molecule has 118 valence electrons. The highest BCUT2D eigenvalue weighted by Crippen LogP contribution is 2.34.